The van der Waals surface area contributed by atoms with Gasteiger partial charge in [-0.15, -0.1) is 0 Å². The zero-order chi connectivity index (χ0) is 30.6. The van der Waals surface area contributed by atoms with E-state index in [0.29, 0.717) is 17.9 Å². The smallest absolute Gasteiger partial charge is 0.388 e. The Morgan fingerprint density at radius 2 is 1.59 bits per heavy atom. The highest BCUT2D eigenvalue weighted by Crippen LogP contribution is 2.46. The van der Waals surface area contributed by atoms with Crippen molar-refractivity contribution in [3.05, 3.63) is 67.4 Å². The largest absolute Gasteiger partial charge is 0.469 e. The summed E-state index contributed by atoms with van der Waals surface area (Å²) in [6, 6.07) is 3.72. The van der Waals surface area contributed by atoms with Crippen molar-refractivity contribution < 1.29 is 34.2 Å². The highest BCUT2D eigenvalue weighted by molar-refractivity contribution is 7.46. The van der Waals surface area contributed by atoms with Gasteiger partial charge in [0.1, 0.15) is 29.8 Å². The van der Waals surface area contributed by atoms with Crippen molar-refractivity contribution in [2.24, 2.45) is 0 Å². The van der Waals surface area contributed by atoms with Crippen LogP contribution in [0.3, 0.4) is 0 Å². The van der Waals surface area contributed by atoms with Crippen molar-refractivity contribution in [3.8, 4) is 0 Å². The minimum absolute atomic E-state index is 0.0808. The summed E-state index contributed by atoms with van der Waals surface area (Å²) in [4.78, 5) is 51.5. The minimum atomic E-state index is -4.92. The first kappa shape index (κ1) is 32.5. The molecule has 13 nitrogen and oxygen atoms in total. The number of nitrogens with zero attached hydrogens (tertiary/aromatic N) is 2. The van der Waals surface area contributed by atoms with Crippen LogP contribution in [0.5, 0.6) is 0 Å². The number of β-amino-alcohol motifs (C(OH)–C–C–N with tert-alkyl or cyclic N) is 1. The molecule has 41 heavy (non-hydrogen) atoms. The van der Waals surface area contributed by atoms with Gasteiger partial charge < -0.3 is 34.9 Å². The highest BCUT2D eigenvalue weighted by atomic mass is 31.2. The Balaban J connectivity index is 2.04. The number of nitrogens with one attached hydrogen (secondary N) is 2. The molecule has 226 valence electrons. The second kappa shape index (κ2) is 13.3. The standard InChI is InChI=1S/C27H39N4O9P/c1-15(2)7-6-8-16(3)9-10-30-19-11-17(4)18(5)12-20(19)31(25-23(30)26(35)29-27(36)28-25)13-21(32)24(34)22(33)14-40-41(37,38)39/h7,9,11-12,21-22,24,32-34H,6,8,10,13-14H2,1-5H3,(H2,37,38,39)(H2,28,29,35,36)/b16-9-/t21-,22+,24-/m0/s1. The maximum Gasteiger partial charge on any atom is 0.469 e. The zero-order valence-electron chi connectivity index (χ0n) is 23.8. The lowest BCUT2D eigenvalue weighted by atomic mass is 10.0. The van der Waals surface area contributed by atoms with E-state index in [0.717, 1.165) is 29.5 Å². The van der Waals surface area contributed by atoms with Crippen LogP contribution in [-0.2, 0) is 9.09 Å². The molecule has 1 aromatic carbocycles. The second-order valence-corrected chi connectivity index (χ2v) is 11.8. The first-order chi connectivity index (χ1) is 19.1. The van der Waals surface area contributed by atoms with Gasteiger partial charge in [-0.1, -0.05) is 23.3 Å². The fourth-order valence-corrected chi connectivity index (χ4v) is 4.86. The van der Waals surface area contributed by atoms with E-state index in [1.807, 2.05) is 52.8 Å². The van der Waals surface area contributed by atoms with Gasteiger partial charge in [0.05, 0.1) is 24.5 Å². The third-order valence-corrected chi connectivity index (χ3v) is 7.38. The van der Waals surface area contributed by atoms with E-state index >= 15 is 0 Å². The van der Waals surface area contributed by atoms with Gasteiger partial charge >= 0.3 is 13.5 Å². The molecular formula is C27H39N4O9P. The maximum absolute atomic E-state index is 13.2. The number of anilines is 4. The highest BCUT2D eigenvalue weighted by Gasteiger charge is 2.36. The summed E-state index contributed by atoms with van der Waals surface area (Å²) in [5.41, 5.74) is 4.03. The molecule has 0 fully saturated rings. The van der Waals surface area contributed by atoms with Crippen LogP contribution in [0, 0.1) is 13.8 Å². The van der Waals surface area contributed by atoms with Crippen LogP contribution in [0.15, 0.2) is 45.0 Å². The van der Waals surface area contributed by atoms with Gasteiger partial charge in [0.25, 0.3) is 5.56 Å². The molecule has 1 aliphatic heterocycles. The lowest BCUT2D eigenvalue weighted by Gasteiger charge is -2.40. The predicted molar refractivity (Wildman–Crippen MR) is 156 cm³/mol. The van der Waals surface area contributed by atoms with E-state index in [-0.39, 0.29) is 18.1 Å². The fourth-order valence-electron chi connectivity index (χ4n) is 4.51. The average Bonchev–Trinajstić information content (AvgIpc) is 2.86. The molecular weight excluding hydrogens is 555 g/mol. The van der Waals surface area contributed by atoms with Crippen molar-refractivity contribution in [2.45, 2.75) is 65.8 Å². The van der Waals surface area contributed by atoms with Gasteiger partial charge in [-0.05, 0) is 70.7 Å². The van der Waals surface area contributed by atoms with Crippen LogP contribution in [0.4, 0.5) is 22.9 Å². The Morgan fingerprint density at radius 3 is 2.17 bits per heavy atom. The summed E-state index contributed by atoms with van der Waals surface area (Å²) in [5.74, 6) is 0.0808. The summed E-state index contributed by atoms with van der Waals surface area (Å²) in [5, 5.41) is 31.5. The quantitative estimate of drug-likeness (QED) is 0.140. The SMILES string of the molecule is CC(C)=CCC/C(C)=C\CN1c2cc(C)c(C)cc2N(C[C@H](O)[C@H](O)[C@H](O)COP(=O)(O)O)c2[nH]c(=O)[nH]c(=O)c21. The van der Waals surface area contributed by atoms with Crippen LogP contribution in [0.2, 0.25) is 0 Å². The second-order valence-electron chi connectivity index (χ2n) is 10.5. The van der Waals surface area contributed by atoms with Gasteiger partial charge in [-0.3, -0.25) is 19.3 Å². The van der Waals surface area contributed by atoms with E-state index in [2.05, 4.69) is 20.6 Å². The van der Waals surface area contributed by atoms with Gasteiger partial charge in [-0.2, -0.15) is 0 Å². The molecule has 0 saturated carbocycles. The topological polar surface area (TPSA) is 200 Å². The number of phosphoric acid groups is 1. The van der Waals surface area contributed by atoms with Crippen LogP contribution in [0.1, 0.15) is 44.7 Å². The molecule has 0 spiro atoms. The van der Waals surface area contributed by atoms with E-state index < -0.39 is 44.0 Å². The summed E-state index contributed by atoms with van der Waals surface area (Å²) >= 11 is 0. The molecule has 0 amide bonds. The van der Waals surface area contributed by atoms with Crippen molar-refractivity contribution in [1.82, 2.24) is 9.97 Å². The Bertz CT molecular complexity index is 1470. The van der Waals surface area contributed by atoms with Gasteiger partial charge in [0.15, 0.2) is 0 Å². The molecule has 3 atom stereocenters. The van der Waals surface area contributed by atoms with Crippen molar-refractivity contribution in [2.75, 3.05) is 29.5 Å². The monoisotopic (exact) mass is 594 g/mol. The van der Waals surface area contributed by atoms with Crippen molar-refractivity contribution in [3.63, 3.8) is 0 Å². The average molecular weight is 595 g/mol. The van der Waals surface area contributed by atoms with Gasteiger partial charge in [0, 0.05) is 6.54 Å². The molecule has 14 heteroatoms. The lowest BCUT2D eigenvalue weighted by Crippen LogP contribution is -2.47. The third kappa shape index (κ3) is 8.26. The number of phosphoric ester groups is 1. The molecule has 0 unspecified atom stereocenters. The summed E-state index contributed by atoms with van der Waals surface area (Å²) in [7, 11) is -4.92. The number of aliphatic hydroxyl groups excluding tert-OH is 3. The predicted octanol–water partition coefficient (Wildman–Crippen LogP) is 2.15. The number of benzene rings is 1. The summed E-state index contributed by atoms with van der Waals surface area (Å²) in [6.45, 7) is 8.88. The van der Waals surface area contributed by atoms with E-state index in [4.69, 9.17) is 9.79 Å². The molecule has 0 radical (unpaired) electrons. The number of aromatic amines is 2. The van der Waals surface area contributed by atoms with Crippen LogP contribution >= 0.6 is 7.82 Å². The minimum Gasteiger partial charge on any atom is -0.388 e. The number of H-pyrrole nitrogens is 2. The van der Waals surface area contributed by atoms with E-state index in [9.17, 15) is 29.5 Å². The molecule has 2 heterocycles. The van der Waals surface area contributed by atoms with Crippen LogP contribution in [-0.4, -0.2) is 73.1 Å². The van der Waals surface area contributed by atoms with Crippen molar-refractivity contribution >= 4 is 30.7 Å². The molecule has 7 N–H and O–H groups in total. The first-order valence-electron chi connectivity index (χ1n) is 13.1. The summed E-state index contributed by atoms with van der Waals surface area (Å²) < 4.78 is 15.2. The lowest BCUT2D eigenvalue weighted by molar-refractivity contribution is -0.0717. The van der Waals surface area contributed by atoms with Crippen LogP contribution < -0.4 is 21.0 Å². The van der Waals surface area contributed by atoms with E-state index in [1.165, 1.54) is 10.5 Å². The Morgan fingerprint density at radius 1 is 0.976 bits per heavy atom. The van der Waals surface area contributed by atoms with E-state index in [1.54, 1.807) is 4.90 Å². The molecule has 1 aliphatic rings. The number of rotatable bonds is 12. The Labute approximate surface area is 237 Å². The fraction of sp³-hybridized carbons (Fsp3) is 0.481. The molecule has 0 saturated heterocycles. The number of hydrogen-bond donors (Lipinski definition) is 7. The number of aromatic nitrogens is 2. The number of allylic oxidation sites excluding steroid dienone is 3. The molecule has 1 aromatic heterocycles. The van der Waals surface area contributed by atoms with Gasteiger partial charge in [0.2, 0.25) is 0 Å². The van der Waals surface area contributed by atoms with Gasteiger partial charge in [-0.25, -0.2) is 9.36 Å². The number of aryl methyl sites for hydroxylation is 2. The summed E-state index contributed by atoms with van der Waals surface area (Å²) in [6.07, 6.45) is 0.475. The Kier molecular flexibility index (Phi) is 10.5. The Hall–Kier alpha value is -3.03. The number of hydrogen-bond acceptors (Lipinski definition) is 9. The number of fused-ring (bicyclic) bond motifs is 2. The molecule has 0 bridgehead atoms. The maximum atomic E-state index is 13.2. The molecule has 0 aliphatic carbocycles. The molecule has 2 aromatic rings. The first-order valence-corrected chi connectivity index (χ1v) is 14.7. The zero-order valence-corrected chi connectivity index (χ0v) is 24.7. The third-order valence-electron chi connectivity index (χ3n) is 6.90. The number of aliphatic hydroxyl groups is 3. The molecule has 3 rings (SSSR count). The normalized spacial score (nSPS) is 15.7. The van der Waals surface area contributed by atoms with Crippen molar-refractivity contribution in [1.29, 1.82) is 0 Å². The van der Waals surface area contributed by atoms with Crippen LogP contribution in [0.25, 0.3) is 0 Å².